The Balaban J connectivity index is 2.90. The first kappa shape index (κ1) is 12.9. The summed E-state index contributed by atoms with van der Waals surface area (Å²) < 4.78 is 0. The molecule has 16 heavy (non-hydrogen) atoms. The number of thiocarbonyl (C=S) groups is 1. The van der Waals surface area contributed by atoms with Crippen molar-refractivity contribution in [2.45, 2.75) is 20.3 Å². The van der Waals surface area contributed by atoms with E-state index in [9.17, 15) is 0 Å². The molecule has 1 rings (SSSR count). The Hall–Kier alpha value is -1.16. The molecule has 0 aromatic carbocycles. The maximum Gasteiger partial charge on any atom is 0.124 e. The molecule has 0 amide bonds. The quantitative estimate of drug-likeness (QED) is 0.797. The van der Waals surface area contributed by atoms with Gasteiger partial charge in [0.2, 0.25) is 0 Å². The van der Waals surface area contributed by atoms with Crippen LogP contribution in [-0.4, -0.2) is 23.6 Å². The smallest absolute Gasteiger partial charge is 0.124 e. The van der Waals surface area contributed by atoms with Crippen molar-refractivity contribution in [2.75, 3.05) is 18.5 Å². The van der Waals surface area contributed by atoms with Gasteiger partial charge in [-0.05, 0) is 18.1 Å². The maximum atomic E-state index is 5.66. The van der Waals surface area contributed by atoms with E-state index in [1.165, 1.54) is 0 Å². The summed E-state index contributed by atoms with van der Waals surface area (Å²) in [5.74, 6) is 0.643. The van der Waals surface area contributed by atoms with E-state index in [1.54, 1.807) is 6.20 Å². The molecule has 0 fully saturated rings. The zero-order valence-electron chi connectivity index (χ0n) is 10.1. The molecule has 1 aromatic rings. The zero-order chi connectivity index (χ0) is 12.1. The van der Waals surface area contributed by atoms with Gasteiger partial charge in [-0.3, -0.25) is 4.98 Å². The average molecular weight is 237 g/mol. The highest BCUT2D eigenvalue weighted by atomic mass is 32.1. The third-order valence-corrected chi connectivity index (χ3v) is 2.91. The predicted octanol–water partition coefficient (Wildman–Crippen LogP) is 2.20. The van der Waals surface area contributed by atoms with Crippen LogP contribution in [0.15, 0.2) is 18.3 Å². The van der Waals surface area contributed by atoms with Gasteiger partial charge >= 0.3 is 0 Å². The van der Waals surface area contributed by atoms with Crippen LogP contribution >= 0.6 is 12.2 Å². The van der Waals surface area contributed by atoms with E-state index in [1.807, 2.05) is 19.2 Å². The fourth-order valence-electron chi connectivity index (χ4n) is 1.59. The summed E-state index contributed by atoms with van der Waals surface area (Å²) >= 11 is 5.00. The number of rotatable bonds is 5. The van der Waals surface area contributed by atoms with Gasteiger partial charge in [-0.2, -0.15) is 0 Å². The second-order valence-electron chi connectivity index (χ2n) is 4.13. The third-order valence-electron chi connectivity index (χ3n) is 2.71. The van der Waals surface area contributed by atoms with Crippen molar-refractivity contribution in [1.82, 2.24) is 4.98 Å². The lowest BCUT2D eigenvalue weighted by Crippen LogP contribution is -2.27. The minimum atomic E-state index is 0.353. The molecule has 1 atom stereocenters. The van der Waals surface area contributed by atoms with Crippen molar-refractivity contribution >= 4 is 22.9 Å². The molecule has 0 aliphatic rings. The van der Waals surface area contributed by atoms with Gasteiger partial charge in [-0.15, -0.1) is 0 Å². The third kappa shape index (κ3) is 3.17. The highest BCUT2D eigenvalue weighted by Gasteiger charge is 2.12. The topological polar surface area (TPSA) is 42.2 Å². The van der Waals surface area contributed by atoms with Crippen molar-refractivity contribution in [2.24, 2.45) is 11.7 Å². The molecular formula is C12H19N3S. The first-order valence-electron chi connectivity index (χ1n) is 5.52. The predicted molar refractivity (Wildman–Crippen MR) is 72.8 cm³/mol. The van der Waals surface area contributed by atoms with Gasteiger partial charge in [0.15, 0.2) is 0 Å². The van der Waals surface area contributed by atoms with Gasteiger partial charge in [0.25, 0.3) is 0 Å². The molecule has 1 aromatic heterocycles. The first-order valence-corrected chi connectivity index (χ1v) is 5.93. The molecule has 1 heterocycles. The number of hydrogen-bond acceptors (Lipinski definition) is 3. The molecule has 2 N–H and O–H groups in total. The number of hydrogen-bond donors (Lipinski definition) is 1. The van der Waals surface area contributed by atoms with Crippen LogP contribution in [0.2, 0.25) is 0 Å². The monoisotopic (exact) mass is 237 g/mol. The van der Waals surface area contributed by atoms with Crippen molar-refractivity contribution in [3.8, 4) is 0 Å². The van der Waals surface area contributed by atoms with E-state index in [0.29, 0.717) is 16.6 Å². The van der Waals surface area contributed by atoms with E-state index in [4.69, 9.17) is 18.0 Å². The van der Waals surface area contributed by atoms with Gasteiger partial charge in [0, 0.05) is 19.8 Å². The molecule has 0 saturated heterocycles. The van der Waals surface area contributed by atoms with Gasteiger partial charge in [-0.1, -0.05) is 32.5 Å². The van der Waals surface area contributed by atoms with E-state index < -0.39 is 0 Å². The fourth-order valence-corrected chi connectivity index (χ4v) is 1.75. The van der Waals surface area contributed by atoms with Crippen LogP contribution in [-0.2, 0) is 0 Å². The minimum Gasteiger partial charge on any atom is -0.388 e. The summed E-state index contributed by atoms with van der Waals surface area (Å²) in [6.07, 6.45) is 2.88. The highest BCUT2D eigenvalue weighted by molar-refractivity contribution is 7.80. The van der Waals surface area contributed by atoms with Gasteiger partial charge in [0.1, 0.15) is 10.7 Å². The summed E-state index contributed by atoms with van der Waals surface area (Å²) in [7, 11) is 2.05. The lowest BCUT2D eigenvalue weighted by atomic mass is 10.1. The largest absolute Gasteiger partial charge is 0.388 e. The average Bonchev–Trinajstić information content (AvgIpc) is 2.28. The Bertz CT molecular complexity index is 365. The molecule has 4 heteroatoms. The molecule has 0 aliphatic carbocycles. The first-order chi connectivity index (χ1) is 7.56. The van der Waals surface area contributed by atoms with Gasteiger partial charge in [-0.25, -0.2) is 0 Å². The van der Waals surface area contributed by atoms with E-state index in [-0.39, 0.29) is 0 Å². The van der Waals surface area contributed by atoms with Crippen LogP contribution in [0.4, 0.5) is 5.69 Å². The zero-order valence-corrected chi connectivity index (χ0v) is 10.9. The lowest BCUT2D eigenvalue weighted by Gasteiger charge is -2.24. The van der Waals surface area contributed by atoms with Crippen LogP contribution in [0, 0.1) is 5.92 Å². The molecule has 88 valence electrons. The molecular weight excluding hydrogens is 218 g/mol. The number of aromatic nitrogens is 1. The Labute approximate surface area is 103 Å². The molecule has 0 radical (unpaired) electrons. The lowest BCUT2D eigenvalue weighted by molar-refractivity contribution is 0.559. The summed E-state index contributed by atoms with van der Waals surface area (Å²) in [4.78, 5) is 6.74. The van der Waals surface area contributed by atoms with Crippen LogP contribution in [0.5, 0.6) is 0 Å². The van der Waals surface area contributed by atoms with Crippen molar-refractivity contribution < 1.29 is 0 Å². The number of nitrogens with two attached hydrogens (primary N) is 1. The Morgan fingerprint density at radius 2 is 2.31 bits per heavy atom. The van der Waals surface area contributed by atoms with E-state index in [2.05, 4.69) is 23.7 Å². The van der Waals surface area contributed by atoms with E-state index >= 15 is 0 Å². The van der Waals surface area contributed by atoms with Gasteiger partial charge < -0.3 is 10.6 Å². The Morgan fingerprint density at radius 3 is 2.88 bits per heavy atom. The normalized spacial score (nSPS) is 12.2. The highest BCUT2D eigenvalue weighted by Crippen LogP contribution is 2.18. The summed E-state index contributed by atoms with van der Waals surface area (Å²) in [5, 5.41) is 0. The van der Waals surface area contributed by atoms with Crippen LogP contribution < -0.4 is 10.6 Å². The number of pyridine rings is 1. The Kier molecular flexibility index (Phi) is 4.68. The second kappa shape index (κ2) is 5.80. The van der Waals surface area contributed by atoms with Crippen LogP contribution in [0.25, 0.3) is 0 Å². The molecule has 0 spiro atoms. The van der Waals surface area contributed by atoms with Crippen molar-refractivity contribution in [3.05, 3.63) is 24.0 Å². The van der Waals surface area contributed by atoms with Crippen molar-refractivity contribution in [1.29, 1.82) is 0 Å². The van der Waals surface area contributed by atoms with Gasteiger partial charge in [0.05, 0.1) is 5.69 Å². The molecule has 1 unspecified atom stereocenters. The van der Waals surface area contributed by atoms with Crippen molar-refractivity contribution in [3.63, 3.8) is 0 Å². The number of anilines is 1. The SMILES string of the molecule is CCC(C)CN(C)c1cccnc1C(N)=S. The fraction of sp³-hybridized carbons (Fsp3) is 0.500. The summed E-state index contributed by atoms with van der Waals surface area (Å²) in [6, 6.07) is 3.91. The minimum absolute atomic E-state index is 0.353. The molecule has 0 aliphatic heterocycles. The second-order valence-corrected chi connectivity index (χ2v) is 4.57. The maximum absolute atomic E-state index is 5.66. The summed E-state index contributed by atoms with van der Waals surface area (Å²) in [5.41, 5.74) is 7.38. The molecule has 0 bridgehead atoms. The standard InChI is InChI=1S/C12H19N3S/c1-4-9(2)8-15(3)10-6-5-7-14-11(10)12(13)16/h5-7,9H,4,8H2,1-3H3,(H2,13,16). The van der Waals surface area contributed by atoms with E-state index in [0.717, 1.165) is 18.7 Å². The Morgan fingerprint density at radius 1 is 1.62 bits per heavy atom. The molecule has 0 saturated carbocycles. The van der Waals surface area contributed by atoms with Crippen LogP contribution in [0.1, 0.15) is 26.0 Å². The molecule has 3 nitrogen and oxygen atoms in total. The summed E-state index contributed by atoms with van der Waals surface area (Å²) in [6.45, 7) is 5.40. The number of nitrogens with zero attached hydrogens (tertiary/aromatic N) is 2. The van der Waals surface area contributed by atoms with Crippen LogP contribution in [0.3, 0.4) is 0 Å².